The third-order valence-electron chi connectivity index (χ3n) is 6.53. The van der Waals surface area contributed by atoms with E-state index in [0.29, 0.717) is 17.2 Å². The third kappa shape index (κ3) is 2.64. The first kappa shape index (κ1) is 17.2. The lowest BCUT2D eigenvalue weighted by Crippen LogP contribution is -2.51. The molecule has 0 radical (unpaired) electrons. The summed E-state index contributed by atoms with van der Waals surface area (Å²) in [7, 11) is 2.18. The van der Waals surface area contributed by atoms with Crippen molar-refractivity contribution in [1.82, 2.24) is 10.2 Å². The Labute approximate surface area is 154 Å². The third-order valence-corrected chi connectivity index (χ3v) is 6.53. The van der Waals surface area contributed by atoms with Crippen molar-refractivity contribution in [2.24, 2.45) is 0 Å². The number of hydrogen-bond donors (Lipinski definition) is 1. The van der Waals surface area contributed by atoms with Gasteiger partial charge in [0, 0.05) is 17.1 Å². The second-order valence-corrected chi connectivity index (χ2v) is 7.68. The Kier molecular flexibility index (Phi) is 4.31. The van der Waals surface area contributed by atoms with E-state index < -0.39 is 0 Å². The SMILES string of the molecule is Cc1c(F)cccc1C(=O)NC(c1ccccc1)C12CCC(CC1)N2C. The van der Waals surface area contributed by atoms with E-state index in [1.165, 1.54) is 18.9 Å². The monoisotopic (exact) mass is 352 g/mol. The number of amides is 1. The molecule has 136 valence electrons. The molecule has 2 fully saturated rings. The molecule has 2 aliphatic rings. The van der Waals surface area contributed by atoms with Crippen LogP contribution in [-0.4, -0.2) is 29.4 Å². The maximum atomic E-state index is 13.9. The number of benzene rings is 2. The van der Waals surface area contributed by atoms with E-state index in [2.05, 4.69) is 29.4 Å². The summed E-state index contributed by atoms with van der Waals surface area (Å²) >= 11 is 0. The fraction of sp³-hybridized carbons (Fsp3) is 0.409. The maximum absolute atomic E-state index is 13.9. The minimum absolute atomic E-state index is 0.0527. The van der Waals surface area contributed by atoms with Crippen molar-refractivity contribution in [1.29, 1.82) is 0 Å². The molecular weight excluding hydrogens is 327 g/mol. The number of rotatable bonds is 4. The van der Waals surface area contributed by atoms with Crippen molar-refractivity contribution < 1.29 is 9.18 Å². The van der Waals surface area contributed by atoms with Crippen LogP contribution < -0.4 is 5.32 Å². The van der Waals surface area contributed by atoms with Gasteiger partial charge in [-0.1, -0.05) is 36.4 Å². The summed E-state index contributed by atoms with van der Waals surface area (Å²) in [5, 5.41) is 3.26. The van der Waals surface area contributed by atoms with E-state index in [1.807, 2.05) is 18.2 Å². The lowest BCUT2D eigenvalue weighted by atomic mass is 9.78. The van der Waals surface area contributed by atoms with Gasteiger partial charge in [-0.3, -0.25) is 9.69 Å². The Balaban J connectivity index is 1.71. The van der Waals surface area contributed by atoms with Crippen LogP contribution in [0.3, 0.4) is 0 Å². The molecule has 2 heterocycles. The van der Waals surface area contributed by atoms with Gasteiger partial charge in [0.25, 0.3) is 5.91 Å². The van der Waals surface area contributed by atoms with Crippen LogP contribution >= 0.6 is 0 Å². The van der Waals surface area contributed by atoms with Crippen LogP contribution in [0.2, 0.25) is 0 Å². The minimum Gasteiger partial charge on any atom is -0.343 e. The number of fused-ring (bicyclic) bond motifs is 2. The fourth-order valence-corrected chi connectivity index (χ4v) is 4.93. The first-order valence-corrected chi connectivity index (χ1v) is 9.37. The zero-order valence-corrected chi connectivity index (χ0v) is 15.3. The van der Waals surface area contributed by atoms with E-state index in [0.717, 1.165) is 18.4 Å². The van der Waals surface area contributed by atoms with Gasteiger partial charge in [-0.15, -0.1) is 0 Å². The van der Waals surface area contributed by atoms with Gasteiger partial charge < -0.3 is 5.32 Å². The topological polar surface area (TPSA) is 32.3 Å². The summed E-state index contributed by atoms with van der Waals surface area (Å²) in [6, 6.07) is 15.4. The van der Waals surface area contributed by atoms with E-state index in [1.54, 1.807) is 19.1 Å². The highest BCUT2D eigenvalue weighted by Gasteiger charge is 2.54. The number of hydrogen-bond acceptors (Lipinski definition) is 2. The van der Waals surface area contributed by atoms with E-state index in [4.69, 9.17) is 0 Å². The number of likely N-dealkylation sites (N-methyl/N-ethyl adjacent to an activating group) is 1. The first-order valence-electron chi connectivity index (χ1n) is 9.37. The van der Waals surface area contributed by atoms with Crippen molar-refractivity contribution in [3.8, 4) is 0 Å². The Hall–Kier alpha value is -2.20. The zero-order chi connectivity index (χ0) is 18.3. The Bertz CT molecular complexity index is 812. The van der Waals surface area contributed by atoms with E-state index in [-0.39, 0.29) is 23.3 Å². The number of carbonyl (C=O) groups is 1. The van der Waals surface area contributed by atoms with Crippen molar-refractivity contribution in [2.75, 3.05) is 7.05 Å². The summed E-state index contributed by atoms with van der Waals surface area (Å²) in [6.45, 7) is 1.66. The number of nitrogens with one attached hydrogen (secondary N) is 1. The molecule has 26 heavy (non-hydrogen) atoms. The van der Waals surface area contributed by atoms with Crippen molar-refractivity contribution in [2.45, 2.75) is 50.2 Å². The normalized spacial score (nSPS) is 26.0. The smallest absolute Gasteiger partial charge is 0.252 e. The van der Waals surface area contributed by atoms with E-state index >= 15 is 0 Å². The molecule has 2 aliphatic heterocycles. The molecule has 2 aromatic carbocycles. The lowest BCUT2D eigenvalue weighted by molar-refractivity contribution is 0.0836. The number of nitrogens with zero attached hydrogens (tertiary/aromatic N) is 1. The molecule has 2 aromatic rings. The summed E-state index contributed by atoms with van der Waals surface area (Å²) in [5.41, 5.74) is 1.88. The standard InChI is InChI=1S/C22H25FN2O/c1-15-18(9-6-10-19(15)23)21(26)24-20(16-7-4-3-5-8-16)22-13-11-17(12-14-22)25(22)2/h3-10,17,20H,11-14H2,1-2H3,(H,24,26). The summed E-state index contributed by atoms with van der Waals surface area (Å²) in [4.78, 5) is 15.5. The van der Waals surface area contributed by atoms with Gasteiger partial charge in [0.1, 0.15) is 5.82 Å². The highest BCUT2D eigenvalue weighted by Crippen LogP contribution is 2.51. The minimum atomic E-state index is -0.342. The van der Waals surface area contributed by atoms with Crippen LogP contribution in [0.15, 0.2) is 48.5 Å². The first-order chi connectivity index (χ1) is 12.5. The molecule has 0 spiro atoms. The molecular formula is C22H25FN2O. The molecule has 0 aliphatic carbocycles. The van der Waals surface area contributed by atoms with Gasteiger partial charge in [-0.05, 0) is 62.9 Å². The van der Waals surface area contributed by atoms with Crippen LogP contribution in [0.1, 0.15) is 53.2 Å². The second-order valence-electron chi connectivity index (χ2n) is 7.68. The molecule has 0 aromatic heterocycles. The van der Waals surface area contributed by atoms with Crippen LogP contribution in [0.4, 0.5) is 4.39 Å². The molecule has 4 heteroatoms. The molecule has 1 N–H and O–H groups in total. The number of carbonyl (C=O) groups excluding carboxylic acids is 1. The van der Waals surface area contributed by atoms with Gasteiger partial charge in [-0.2, -0.15) is 0 Å². The van der Waals surface area contributed by atoms with Gasteiger partial charge in [-0.25, -0.2) is 4.39 Å². The molecule has 1 unspecified atom stereocenters. The quantitative estimate of drug-likeness (QED) is 0.893. The molecule has 1 amide bonds. The molecule has 0 saturated carbocycles. The van der Waals surface area contributed by atoms with Crippen LogP contribution in [-0.2, 0) is 0 Å². The van der Waals surface area contributed by atoms with E-state index in [9.17, 15) is 9.18 Å². The van der Waals surface area contributed by atoms with Gasteiger partial charge in [0.05, 0.1) is 6.04 Å². The van der Waals surface area contributed by atoms with Crippen molar-refractivity contribution >= 4 is 5.91 Å². The highest BCUT2D eigenvalue weighted by atomic mass is 19.1. The molecule has 3 nitrogen and oxygen atoms in total. The fourth-order valence-electron chi connectivity index (χ4n) is 4.93. The maximum Gasteiger partial charge on any atom is 0.252 e. The number of halogens is 1. The van der Waals surface area contributed by atoms with Crippen LogP contribution in [0, 0.1) is 12.7 Å². The molecule has 1 atom stereocenters. The summed E-state index contributed by atoms with van der Waals surface area (Å²) in [6.07, 6.45) is 4.51. The van der Waals surface area contributed by atoms with Gasteiger partial charge in [0.2, 0.25) is 0 Å². The average Bonchev–Trinajstić information content (AvgIpc) is 3.15. The summed E-state index contributed by atoms with van der Waals surface area (Å²) < 4.78 is 13.9. The Morgan fingerprint density at radius 1 is 1.15 bits per heavy atom. The van der Waals surface area contributed by atoms with Gasteiger partial charge >= 0.3 is 0 Å². The molecule has 2 bridgehead atoms. The Morgan fingerprint density at radius 2 is 1.85 bits per heavy atom. The largest absolute Gasteiger partial charge is 0.343 e. The molecule has 4 rings (SSSR count). The summed E-state index contributed by atoms with van der Waals surface area (Å²) in [5.74, 6) is -0.542. The second kappa shape index (κ2) is 6.51. The zero-order valence-electron chi connectivity index (χ0n) is 15.3. The van der Waals surface area contributed by atoms with Gasteiger partial charge in [0.15, 0.2) is 0 Å². The molecule has 2 saturated heterocycles. The van der Waals surface area contributed by atoms with Crippen molar-refractivity contribution in [3.05, 3.63) is 71.0 Å². The van der Waals surface area contributed by atoms with Crippen molar-refractivity contribution in [3.63, 3.8) is 0 Å². The van der Waals surface area contributed by atoms with Crippen LogP contribution in [0.25, 0.3) is 0 Å². The highest BCUT2D eigenvalue weighted by molar-refractivity contribution is 5.96. The predicted molar refractivity (Wildman–Crippen MR) is 101 cm³/mol. The lowest BCUT2D eigenvalue weighted by Gasteiger charge is -2.41. The predicted octanol–water partition coefficient (Wildman–Crippen LogP) is 4.23. The Morgan fingerprint density at radius 3 is 2.46 bits per heavy atom. The van der Waals surface area contributed by atoms with Crippen LogP contribution in [0.5, 0.6) is 0 Å². The average molecular weight is 352 g/mol.